The average molecular weight is 461 g/mol. The summed E-state index contributed by atoms with van der Waals surface area (Å²) in [6.45, 7) is 0.248. The molecule has 1 saturated heterocycles. The van der Waals surface area contributed by atoms with Gasteiger partial charge in [0.05, 0.1) is 25.5 Å². The molecule has 2 aromatic carbocycles. The van der Waals surface area contributed by atoms with E-state index in [9.17, 15) is 14.4 Å². The Labute approximate surface area is 189 Å². The highest BCUT2D eigenvalue weighted by molar-refractivity contribution is 8.18. The second kappa shape index (κ2) is 10.4. The normalized spacial score (nSPS) is 14.8. The maximum absolute atomic E-state index is 12.5. The van der Waals surface area contributed by atoms with Crippen molar-refractivity contribution in [3.05, 3.63) is 63.5 Å². The fourth-order valence-corrected chi connectivity index (χ4v) is 3.93. The standard InChI is InChI=1S/C22H21ClN2O5S/c1-29-17-8-5-15(18(13-17)30-2)12-20(26)24-9-10-25-21(27)19(31-22(25)28)11-14-3-6-16(23)7-4-14/h3-8,11,13H,9-10,12H2,1-2H3,(H,24,26)/b19-11+. The highest BCUT2D eigenvalue weighted by Crippen LogP contribution is 2.32. The largest absolute Gasteiger partial charge is 0.497 e. The average Bonchev–Trinajstić information content (AvgIpc) is 3.03. The lowest BCUT2D eigenvalue weighted by atomic mass is 10.1. The van der Waals surface area contributed by atoms with Gasteiger partial charge in [-0.3, -0.25) is 19.3 Å². The predicted molar refractivity (Wildman–Crippen MR) is 120 cm³/mol. The van der Waals surface area contributed by atoms with Gasteiger partial charge in [0, 0.05) is 29.7 Å². The molecule has 0 spiro atoms. The third-order valence-corrected chi connectivity index (χ3v) is 5.70. The van der Waals surface area contributed by atoms with E-state index in [4.69, 9.17) is 21.1 Å². The molecule has 0 saturated carbocycles. The molecule has 1 heterocycles. The Hall–Kier alpha value is -2.97. The summed E-state index contributed by atoms with van der Waals surface area (Å²) in [7, 11) is 3.07. The van der Waals surface area contributed by atoms with Crippen molar-refractivity contribution in [1.82, 2.24) is 10.2 Å². The molecule has 1 aliphatic rings. The van der Waals surface area contributed by atoms with Crippen LogP contribution in [0.15, 0.2) is 47.4 Å². The minimum atomic E-state index is -0.379. The number of carbonyl (C=O) groups is 3. The van der Waals surface area contributed by atoms with Gasteiger partial charge in [-0.05, 0) is 41.6 Å². The summed E-state index contributed by atoms with van der Waals surface area (Å²) in [5, 5.41) is 2.96. The molecule has 31 heavy (non-hydrogen) atoms. The minimum Gasteiger partial charge on any atom is -0.497 e. The van der Waals surface area contributed by atoms with Crippen LogP contribution in [-0.4, -0.2) is 49.3 Å². The van der Waals surface area contributed by atoms with Crippen molar-refractivity contribution >= 4 is 46.5 Å². The van der Waals surface area contributed by atoms with Crippen LogP contribution in [0.3, 0.4) is 0 Å². The molecule has 0 aliphatic carbocycles. The first-order valence-electron chi connectivity index (χ1n) is 9.40. The molecule has 1 N–H and O–H groups in total. The van der Waals surface area contributed by atoms with Crippen molar-refractivity contribution in [3.63, 3.8) is 0 Å². The summed E-state index contributed by atoms with van der Waals surface area (Å²) in [4.78, 5) is 38.5. The van der Waals surface area contributed by atoms with Crippen LogP contribution >= 0.6 is 23.4 Å². The van der Waals surface area contributed by atoms with Crippen LogP contribution in [-0.2, 0) is 16.0 Å². The first-order chi connectivity index (χ1) is 14.9. The van der Waals surface area contributed by atoms with E-state index in [1.54, 1.807) is 55.7 Å². The summed E-state index contributed by atoms with van der Waals surface area (Å²) >= 11 is 6.74. The van der Waals surface area contributed by atoms with Crippen LogP contribution in [0.1, 0.15) is 11.1 Å². The Balaban J connectivity index is 1.54. The molecular weight excluding hydrogens is 440 g/mol. The minimum absolute atomic E-state index is 0.0914. The number of hydrogen-bond acceptors (Lipinski definition) is 6. The van der Waals surface area contributed by atoms with Gasteiger partial charge in [-0.15, -0.1) is 0 Å². The van der Waals surface area contributed by atoms with E-state index in [1.807, 2.05) is 0 Å². The molecule has 0 bridgehead atoms. The quantitative estimate of drug-likeness (QED) is 0.604. The predicted octanol–water partition coefficient (Wildman–Crippen LogP) is 3.75. The molecule has 3 amide bonds. The Morgan fingerprint density at radius 1 is 1.13 bits per heavy atom. The molecule has 0 unspecified atom stereocenters. The number of nitrogens with zero attached hydrogens (tertiary/aromatic N) is 1. The molecule has 0 aromatic heterocycles. The van der Waals surface area contributed by atoms with Crippen LogP contribution in [0, 0.1) is 0 Å². The van der Waals surface area contributed by atoms with Gasteiger partial charge in [0.1, 0.15) is 11.5 Å². The number of thioether (sulfide) groups is 1. The van der Waals surface area contributed by atoms with E-state index in [1.165, 1.54) is 7.11 Å². The number of hydrogen-bond donors (Lipinski definition) is 1. The summed E-state index contributed by atoms with van der Waals surface area (Å²) in [6.07, 6.45) is 1.75. The first kappa shape index (κ1) is 22.7. The van der Waals surface area contributed by atoms with E-state index < -0.39 is 0 Å². The highest BCUT2D eigenvalue weighted by atomic mass is 35.5. The lowest BCUT2D eigenvalue weighted by molar-refractivity contribution is -0.124. The summed E-state index contributed by atoms with van der Waals surface area (Å²) in [5.41, 5.74) is 1.48. The highest BCUT2D eigenvalue weighted by Gasteiger charge is 2.34. The monoisotopic (exact) mass is 460 g/mol. The van der Waals surface area contributed by atoms with Gasteiger partial charge in [0.15, 0.2) is 0 Å². The van der Waals surface area contributed by atoms with Gasteiger partial charge in [-0.25, -0.2) is 0 Å². The number of rotatable bonds is 8. The Morgan fingerprint density at radius 2 is 1.87 bits per heavy atom. The fourth-order valence-electron chi connectivity index (χ4n) is 2.94. The lowest BCUT2D eigenvalue weighted by Gasteiger charge is -2.14. The number of carbonyl (C=O) groups excluding carboxylic acids is 3. The van der Waals surface area contributed by atoms with Crippen LogP contribution in [0.2, 0.25) is 5.02 Å². The van der Waals surface area contributed by atoms with Crippen LogP contribution in [0.4, 0.5) is 4.79 Å². The van der Waals surface area contributed by atoms with Crippen LogP contribution < -0.4 is 14.8 Å². The van der Waals surface area contributed by atoms with Gasteiger partial charge < -0.3 is 14.8 Å². The number of methoxy groups -OCH3 is 2. The number of imide groups is 1. The summed E-state index contributed by atoms with van der Waals surface area (Å²) < 4.78 is 10.4. The van der Waals surface area contributed by atoms with Crippen LogP contribution in [0.25, 0.3) is 6.08 Å². The van der Waals surface area contributed by atoms with Crippen LogP contribution in [0.5, 0.6) is 11.5 Å². The third kappa shape index (κ3) is 5.80. The zero-order valence-corrected chi connectivity index (χ0v) is 18.6. The smallest absolute Gasteiger partial charge is 0.293 e. The maximum atomic E-state index is 12.5. The second-order valence-corrected chi connectivity index (χ2v) is 8.02. The second-order valence-electron chi connectivity index (χ2n) is 6.59. The Morgan fingerprint density at radius 3 is 2.55 bits per heavy atom. The van der Waals surface area contributed by atoms with E-state index in [0.29, 0.717) is 27.0 Å². The SMILES string of the molecule is COc1ccc(CC(=O)NCCN2C(=O)S/C(=C/c3ccc(Cl)cc3)C2=O)c(OC)c1. The summed E-state index contributed by atoms with van der Waals surface area (Å²) in [5.74, 6) is 0.558. The molecule has 162 valence electrons. The number of amides is 3. The maximum Gasteiger partial charge on any atom is 0.293 e. The molecule has 1 aliphatic heterocycles. The Bertz CT molecular complexity index is 1020. The van der Waals surface area contributed by atoms with Crippen molar-refractivity contribution in [2.24, 2.45) is 0 Å². The zero-order chi connectivity index (χ0) is 22.4. The van der Waals surface area contributed by atoms with Gasteiger partial charge in [-0.1, -0.05) is 29.8 Å². The molecule has 1 fully saturated rings. The van der Waals surface area contributed by atoms with Gasteiger partial charge in [0.25, 0.3) is 11.1 Å². The number of ether oxygens (including phenoxy) is 2. The topological polar surface area (TPSA) is 84.9 Å². The van der Waals surface area contributed by atoms with E-state index in [2.05, 4.69) is 5.32 Å². The summed E-state index contributed by atoms with van der Waals surface area (Å²) in [6, 6.07) is 12.2. The molecule has 3 rings (SSSR count). The van der Waals surface area contributed by atoms with E-state index in [0.717, 1.165) is 22.2 Å². The first-order valence-corrected chi connectivity index (χ1v) is 10.6. The van der Waals surface area contributed by atoms with Gasteiger partial charge in [-0.2, -0.15) is 0 Å². The van der Waals surface area contributed by atoms with Crippen molar-refractivity contribution in [1.29, 1.82) is 0 Å². The van der Waals surface area contributed by atoms with Gasteiger partial charge in [0.2, 0.25) is 5.91 Å². The molecule has 9 heteroatoms. The van der Waals surface area contributed by atoms with Crippen molar-refractivity contribution in [2.45, 2.75) is 6.42 Å². The van der Waals surface area contributed by atoms with E-state index in [-0.39, 0.29) is 36.6 Å². The van der Waals surface area contributed by atoms with E-state index >= 15 is 0 Å². The number of halogens is 1. The molecule has 2 aromatic rings. The third-order valence-electron chi connectivity index (χ3n) is 4.54. The van der Waals surface area contributed by atoms with Crippen molar-refractivity contribution in [3.8, 4) is 11.5 Å². The molecular formula is C22H21ClN2O5S. The van der Waals surface area contributed by atoms with Gasteiger partial charge >= 0.3 is 0 Å². The lowest BCUT2D eigenvalue weighted by Crippen LogP contribution is -2.37. The fraction of sp³-hybridized carbons (Fsp3) is 0.227. The number of nitrogens with one attached hydrogen (secondary N) is 1. The zero-order valence-electron chi connectivity index (χ0n) is 17.0. The Kier molecular flexibility index (Phi) is 7.59. The molecule has 7 nitrogen and oxygen atoms in total. The molecule has 0 radical (unpaired) electrons. The van der Waals surface area contributed by atoms with Crippen molar-refractivity contribution in [2.75, 3.05) is 27.3 Å². The number of benzene rings is 2. The molecule has 0 atom stereocenters. The van der Waals surface area contributed by atoms with Crippen molar-refractivity contribution < 1.29 is 23.9 Å².